The maximum atomic E-state index is 5.47. The summed E-state index contributed by atoms with van der Waals surface area (Å²) in [5.74, 6) is 1.71. The first-order chi connectivity index (χ1) is 13.2. The van der Waals surface area contributed by atoms with Gasteiger partial charge in [-0.3, -0.25) is 0 Å². The molecule has 6 heteroatoms. The molecule has 0 bridgehead atoms. The lowest BCUT2D eigenvalue weighted by molar-refractivity contribution is 0.324. The summed E-state index contributed by atoms with van der Waals surface area (Å²) in [5.41, 5.74) is 2.61. The van der Waals surface area contributed by atoms with E-state index in [4.69, 9.17) is 14.2 Å². The number of hydrogen-bond donors (Lipinski definition) is 0. The van der Waals surface area contributed by atoms with E-state index in [1.807, 2.05) is 30.3 Å². The van der Waals surface area contributed by atoms with Crippen LogP contribution >= 0.6 is 0 Å². The number of ether oxygens (including phenoxy) is 3. The van der Waals surface area contributed by atoms with Gasteiger partial charge in [-0.2, -0.15) is 0 Å². The number of benzene rings is 3. The van der Waals surface area contributed by atoms with Gasteiger partial charge >= 0.3 is 0 Å². The molecule has 4 rings (SSSR count). The minimum absolute atomic E-state index is 0.550. The number of nitrogens with zero attached hydrogens (tertiary/aromatic N) is 3. The van der Waals surface area contributed by atoms with Crippen molar-refractivity contribution in [3.05, 3.63) is 60.8 Å². The van der Waals surface area contributed by atoms with Crippen LogP contribution in [0.3, 0.4) is 0 Å². The molecular weight excluding hydrogens is 342 g/mol. The van der Waals surface area contributed by atoms with Crippen molar-refractivity contribution in [3.8, 4) is 34.2 Å². The summed E-state index contributed by atoms with van der Waals surface area (Å²) >= 11 is 0. The Morgan fingerprint density at radius 2 is 1.48 bits per heavy atom. The Morgan fingerprint density at radius 1 is 0.778 bits per heavy atom. The molecule has 0 spiro atoms. The van der Waals surface area contributed by atoms with Crippen molar-refractivity contribution in [1.82, 2.24) is 15.0 Å². The molecule has 0 saturated carbocycles. The Hall–Kier alpha value is -3.54. The summed E-state index contributed by atoms with van der Waals surface area (Å²) in [6.07, 6.45) is 1.72. The van der Waals surface area contributed by atoms with Gasteiger partial charge in [-0.05, 0) is 35.0 Å². The normalized spacial score (nSPS) is 10.8. The fourth-order valence-electron chi connectivity index (χ4n) is 3.16. The smallest absolute Gasteiger partial charge is 0.203 e. The number of aromatic nitrogens is 3. The summed E-state index contributed by atoms with van der Waals surface area (Å²) < 4.78 is 18.1. The van der Waals surface area contributed by atoms with Gasteiger partial charge in [0.05, 0.1) is 38.9 Å². The van der Waals surface area contributed by atoms with E-state index in [1.165, 1.54) is 5.39 Å². The molecule has 1 aromatic heterocycles. The lowest BCUT2D eigenvalue weighted by atomic mass is 10.1. The van der Waals surface area contributed by atoms with Gasteiger partial charge in [-0.1, -0.05) is 35.5 Å². The van der Waals surface area contributed by atoms with Crippen molar-refractivity contribution >= 4 is 10.8 Å². The monoisotopic (exact) mass is 361 g/mol. The van der Waals surface area contributed by atoms with E-state index in [0.717, 1.165) is 22.3 Å². The van der Waals surface area contributed by atoms with Crippen LogP contribution in [0.2, 0.25) is 0 Å². The van der Waals surface area contributed by atoms with E-state index >= 15 is 0 Å². The van der Waals surface area contributed by atoms with Crippen LogP contribution in [0.25, 0.3) is 27.7 Å². The summed E-state index contributed by atoms with van der Waals surface area (Å²) in [6, 6.07) is 18.2. The van der Waals surface area contributed by atoms with Crippen LogP contribution in [0.1, 0.15) is 0 Å². The quantitative estimate of drug-likeness (QED) is 0.535. The third-order valence-electron chi connectivity index (χ3n) is 4.49. The lowest BCUT2D eigenvalue weighted by Gasteiger charge is -2.14. The first-order valence-corrected chi connectivity index (χ1v) is 8.45. The fraction of sp³-hybridized carbons (Fsp3) is 0.143. The number of methoxy groups -OCH3 is 3. The molecule has 0 atom stereocenters. The number of rotatable bonds is 5. The molecule has 4 aromatic rings. The zero-order valence-electron chi connectivity index (χ0n) is 15.3. The average Bonchev–Trinajstić information content (AvgIpc) is 3.22. The SMILES string of the molecule is COc1cc(-c2cnnn2-c2ccc3ccccc3c2)cc(OC)c1OC. The second-order valence-corrected chi connectivity index (χ2v) is 5.98. The van der Waals surface area contributed by atoms with Crippen molar-refractivity contribution in [3.63, 3.8) is 0 Å². The zero-order chi connectivity index (χ0) is 18.8. The molecule has 0 fully saturated rings. The van der Waals surface area contributed by atoms with Crippen LogP contribution in [0.4, 0.5) is 0 Å². The van der Waals surface area contributed by atoms with Crippen molar-refractivity contribution in [2.45, 2.75) is 0 Å². The molecule has 0 aliphatic heterocycles. The third-order valence-corrected chi connectivity index (χ3v) is 4.49. The van der Waals surface area contributed by atoms with Crippen LogP contribution in [0, 0.1) is 0 Å². The minimum atomic E-state index is 0.550. The molecule has 0 aliphatic carbocycles. The standard InChI is InChI=1S/C21H19N3O3/c1-25-19-11-16(12-20(26-2)21(19)27-3)18-13-22-23-24(18)17-9-8-14-6-4-5-7-15(14)10-17/h4-13H,1-3H3. The van der Waals surface area contributed by atoms with Gasteiger partial charge in [0.2, 0.25) is 5.75 Å². The Morgan fingerprint density at radius 3 is 2.15 bits per heavy atom. The van der Waals surface area contributed by atoms with Gasteiger partial charge in [0, 0.05) is 5.56 Å². The van der Waals surface area contributed by atoms with E-state index in [0.29, 0.717) is 17.2 Å². The van der Waals surface area contributed by atoms with Gasteiger partial charge in [0.15, 0.2) is 11.5 Å². The summed E-state index contributed by atoms with van der Waals surface area (Å²) in [7, 11) is 4.78. The highest BCUT2D eigenvalue weighted by molar-refractivity contribution is 5.84. The van der Waals surface area contributed by atoms with Crippen LogP contribution in [-0.2, 0) is 0 Å². The zero-order valence-corrected chi connectivity index (χ0v) is 15.3. The van der Waals surface area contributed by atoms with Gasteiger partial charge in [-0.25, -0.2) is 4.68 Å². The van der Waals surface area contributed by atoms with Gasteiger partial charge < -0.3 is 14.2 Å². The first kappa shape index (κ1) is 16.9. The van der Waals surface area contributed by atoms with Gasteiger partial charge in [0.25, 0.3) is 0 Å². The van der Waals surface area contributed by atoms with Gasteiger partial charge in [0.1, 0.15) is 0 Å². The highest BCUT2D eigenvalue weighted by Gasteiger charge is 2.17. The van der Waals surface area contributed by atoms with E-state index in [1.54, 1.807) is 32.2 Å². The Kier molecular flexibility index (Phi) is 4.38. The average molecular weight is 361 g/mol. The van der Waals surface area contributed by atoms with E-state index in [-0.39, 0.29) is 0 Å². The van der Waals surface area contributed by atoms with Crippen molar-refractivity contribution < 1.29 is 14.2 Å². The maximum absolute atomic E-state index is 5.47. The fourth-order valence-corrected chi connectivity index (χ4v) is 3.16. The third kappa shape index (κ3) is 2.95. The highest BCUT2D eigenvalue weighted by Crippen LogP contribution is 2.41. The predicted molar refractivity (Wildman–Crippen MR) is 104 cm³/mol. The molecule has 0 amide bonds. The summed E-state index contributed by atoms with van der Waals surface area (Å²) in [6.45, 7) is 0. The van der Waals surface area contributed by atoms with Crippen LogP contribution in [-0.4, -0.2) is 36.3 Å². The van der Waals surface area contributed by atoms with Crippen LogP contribution < -0.4 is 14.2 Å². The molecule has 6 nitrogen and oxygen atoms in total. The van der Waals surface area contributed by atoms with E-state index < -0.39 is 0 Å². The minimum Gasteiger partial charge on any atom is -0.493 e. The molecule has 0 radical (unpaired) electrons. The van der Waals surface area contributed by atoms with E-state index in [9.17, 15) is 0 Å². The second kappa shape index (κ2) is 6.99. The van der Waals surface area contributed by atoms with Crippen molar-refractivity contribution in [2.75, 3.05) is 21.3 Å². The van der Waals surface area contributed by atoms with E-state index in [2.05, 4.69) is 34.6 Å². The molecule has 0 N–H and O–H groups in total. The Labute approximate surface area is 156 Å². The highest BCUT2D eigenvalue weighted by atomic mass is 16.5. The molecule has 0 saturated heterocycles. The second-order valence-electron chi connectivity index (χ2n) is 5.98. The molecule has 0 aliphatic rings. The molecular formula is C21H19N3O3. The van der Waals surface area contributed by atoms with Crippen LogP contribution in [0.15, 0.2) is 60.8 Å². The number of fused-ring (bicyclic) bond motifs is 1. The molecule has 27 heavy (non-hydrogen) atoms. The topological polar surface area (TPSA) is 58.4 Å². The van der Waals surface area contributed by atoms with Crippen molar-refractivity contribution in [1.29, 1.82) is 0 Å². The summed E-state index contributed by atoms with van der Waals surface area (Å²) in [4.78, 5) is 0. The lowest BCUT2D eigenvalue weighted by Crippen LogP contribution is -2.01. The van der Waals surface area contributed by atoms with Gasteiger partial charge in [-0.15, -0.1) is 5.10 Å². The maximum Gasteiger partial charge on any atom is 0.203 e. The molecule has 136 valence electrons. The van der Waals surface area contributed by atoms with Crippen LogP contribution in [0.5, 0.6) is 17.2 Å². The Balaban J connectivity index is 1.86. The Bertz CT molecular complexity index is 1080. The molecule has 3 aromatic carbocycles. The number of hydrogen-bond acceptors (Lipinski definition) is 5. The van der Waals surface area contributed by atoms with Crippen molar-refractivity contribution in [2.24, 2.45) is 0 Å². The summed E-state index contributed by atoms with van der Waals surface area (Å²) in [5, 5.41) is 10.7. The first-order valence-electron chi connectivity index (χ1n) is 8.45. The predicted octanol–water partition coefficient (Wildman–Crippen LogP) is 4.11. The molecule has 1 heterocycles. The largest absolute Gasteiger partial charge is 0.493 e. The molecule has 0 unspecified atom stereocenters.